The predicted octanol–water partition coefficient (Wildman–Crippen LogP) is -0.244. The zero-order chi connectivity index (χ0) is 11.3. The average Bonchev–Trinajstić information content (AvgIpc) is 2.65. The second-order valence-electron chi connectivity index (χ2n) is 2.65. The first-order valence-corrected chi connectivity index (χ1v) is 5.04. The molecule has 0 bridgehead atoms. The van der Waals surface area contributed by atoms with Crippen molar-refractivity contribution in [2.45, 2.75) is 6.42 Å². The van der Waals surface area contributed by atoms with Crippen LogP contribution in [0.25, 0.3) is 0 Å². The van der Waals surface area contributed by atoms with Crippen molar-refractivity contribution >= 4 is 28.3 Å². The number of amides is 1. The molecule has 7 heteroatoms. The Hall–Kier alpha value is -1.47. The molecule has 1 amide bonds. The summed E-state index contributed by atoms with van der Waals surface area (Å²) in [4.78, 5) is 25.8. The molecule has 1 heterocycles. The van der Waals surface area contributed by atoms with Gasteiger partial charge in [0.15, 0.2) is 5.13 Å². The summed E-state index contributed by atoms with van der Waals surface area (Å²) in [6.07, 6.45) is 0.103. The van der Waals surface area contributed by atoms with E-state index in [9.17, 15) is 9.59 Å². The fraction of sp³-hybridized carbons (Fsp3) is 0.375. The van der Waals surface area contributed by atoms with Crippen LogP contribution in [0.5, 0.6) is 0 Å². The predicted molar refractivity (Wildman–Crippen MR) is 55.5 cm³/mol. The highest BCUT2D eigenvalue weighted by molar-refractivity contribution is 7.13. The second kappa shape index (κ2) is 5.42. The van der Waals surface area contributed by atoms with Gasteiger partial charge in [0.25, 0.3) is 0 Å². The van der Waals surface area contributed by atoms with Gasteiger partial charge < -0.3 is 15.8 Å². The Bertz CT molecular complexity index is 331. The van der Waals surface area contributed by atoms with Crippen LogP contribution in [0, 0.1) is 0 Å². The van der Waals surface area contributed by atoms with Gasteiger partial charge >= 0.3 is 5.97 Å². The molecule has 0 aliphatic heterocycles. The molecule has 3 N–H and O–H groups in total. The van der Waals surface area contributed by atoms with Crippen LogP contribution in [0.3, 0.4) is 0 Å². The molecule has 0 unspecified atom stereocenters. The van der Waals surface area contributed by atoms with Gasteiger partial charge in [0.2, 0.25) is 5.91 Å². The minimum Gasteiger partial charge on any atom is -0.469 e. The lowest BCUT2D eigenvalue weighted by Crippen LogP contribution is -2.21. The van der Waals surface area contributed by atoms with Crippen molar-refractivity contribution in [1.29, 1.82) is 0 Å². The maximum atomic E-state index is 10.9. The Morgan fingerprint density at radius 2 is 2.40 bits per heavy atom. The number of rotatable bonds is 4. The molecule has 0 aliphatic carbocycles. The number of aromatic nitrogens is 1. The highest BCUT2D eigenvalue weighted by atomic mass is 32.1. The molecule has 0 fully saturated rings. The van der Waals surface area contributed by atoms with Gasteiger partial charge in [-0.05, 0) is 0 Å². The number of hydrogen-bond acceptors (Lipinski definition) is 6. The first kappa shape index (κ1) is 11.6. The maximum absolute atomic E-state index is 10.9. The first-order valence-electron chi connectivity index (χ1n) is 4.17. The molecule has 0 saturated carbocycles. The van der Waals surface area contributed by atoms with Gasteiger partial charge in [0.05, 0.1) is 25.8 Å². The molecule has 0 aromatic carbocycles. The van der Waals surface area contributed by atoms with Crippen molar-refractivity contribution in [1.82, 2.24) is 4.98 Å². The number of ether oxygens (including phenoxy) is 1. The zero-order valence-corrected chi connectivity index (χ0v) is 8.97. The summed E-state index contributed by atoms with van der Waals surface area (Å²) in [6, 6.07) is 0. The summed E-state index contributed by atoms with van der Waals surface area (Å²) in [6.45, 7) is -0.0914. The van der Waals surface area contributed by atoms with E-state index in [-0.39, 0.29) is 24.8 Å². The number of anilines is 1. The van der Waals surface area contributed by atoms with Gasteiger partial charge in [0.1, 0.15) is 0 Å². The molecule has 15 heavy (non-hydrogen) atoms. The van der Waals surface area contributed by atoms with Crippen LogP contribution in [0.2, 0.25) is 0 Å². The third-order valence-electron chi connectivity index (χ3n) is 1.54. The summed E-state index contributed by atoms with van der Waals surface area (Å²) < 4.78 is 4.48. The lowest BCUT2D eigenvalue weighted by atomic mass is 10.3. The number of methoxy groups -OCH3 is 1. The van der Waals surface area contributed by atoms with Gasteiger partial charge in [-0.15, -0.1) is 11.3 Å². The number of carbonyl (C=O) groups excluding carboxylic acids is 2. The number of nitrogens with zero attached hydrogens (tertiary/aromatic N) is 1. The molecule has 0 aliphatic rings. The smallest absolute Gasteiger partial charge is 0.311 e. The van der Waals surface area contributed by atoms with Crippen molar-refractivity contribution < 1.29 is 14.3 Å². The standard InChI is InChI=1S/C8H11N3O3S/c1-14-7(13)2-5-4-15-8(10-5)11-6(12)3-9/h4H,2-3,9H2,1H3,(H,10,11,12). The van der Waals surface area contributed by atoms with Crippen molar-refractivity contribution in [3.8, 4) is 0 Å². The summed E-state index contributed by atoms with van der Waals surface area (Å²) >= 11 is 1.24. The minimum absolute atomic E-state index is 0.0914. The lowest BCUT2D eigenvalue weighted by Gasteiger charge is -1.96. The van der Waals surface area contributed by atoms with Crippen LogP contribution in [0.15, 0.2) is 5.38 Å². The summed E-state index contributed by atoms with van der Waals surface area (Å²) in [5.74, 6) is -0.675. The SMILES string of the molecule is COC(=O)Cc1csc(NC(=O)CN)n1. The van der Waals surface area contributed by atoms with E-state index in [0.717, 1.165) is 0 Å². The Morgan fingerprint density at radius 3 is 3.00 bits per heavy atom. The van der Waals surface area contributed by atoms with Gasteiger partial charge in [-0.25, -0.2) is 4.98 Å². The van der Waals surface area contributed by atoms with Crippen LogP contribution >= 0.6 is 11.3 Å². The highest BCUT2D eigenvalue weighted by Gasteiger charge is 2.08. The number of carbonyl (C=O) groups is 2. The maximum Gasteiger partial charge on any atom is 0.311 e. The lowest BCUT2D eigenvalue weighted by molar-refractivity contribution is -0.139. The number of thiazole rings is 1. The third kappa shape index (κ3) is 3.64. The quantitative estimate of drug-likeness (QED) is 0.695. The van der Waals surface area contributed by atoms with E-state index >= 15 is 0 Å². The number of hydrogen-bond donors (Lipinski definition) is 2. The number of esters is 1. The van der Waals surface area contributed by atoms with E-state index < -0.39 is 0 Å². The summed E-state index contributed by atoms with van der Waals surface area (Å²) in [5.41, 5.74) is 5.69. The summed E-state index contributed by atoms with van der Waals surface area (Å²) in [7, 11) is 1.31. The van der Waals surface area contributed by atoms with Crippen molar-refractivity contribution in [3.63, 3.8) is 0 Å². The van der Waals surface area contributed by atoms with E-state index in [0.29, 0.717) is 10.8 Å². The van der Waals surface area contributed by atoms with E-state index in [1.54, 1.807) is 5.38 Å². The normalized spacial score (nSPS) is 9.73. The van der Waals surface area contributed by atoms with E-state index in [1.165, 1.54) is 18.4 Å². The van der Waals surface area contributed by atoms with Crippen LogP contribution < -0.4 is 11.1 Å². The minimum atomic E-state index is -0.364. The molecular weight excluding hydrogens is 218 g/mol. The molecule has 6 nitrogen and oxygen atoms in total. The van der Waals surface area contributed by atoms with Crippen molar-refractivity contribution in [2.24, 2.45) is 5.73 Å². The zero-order valence-electron chi connectivity index (χ0n) is 8.15. The molecular formula is C8H11N3O3S. The van der Waals surface area contributed by atoms with Crippen LogP contribution in [-0.4, -0.2) is 30.5 Å². The Balaban J connectivity index is 2.56. The van der Waals surface area contributed by atoms with Gasteiger partial charge in [-0.2, -0.15) is 0 Å². The molecule has 0 saturated heterocycles. The topological polar surface area (TPSA) is 94.3 Å². The molecule has 1 aromatic rings. The molecule has 0 radical (unpaired) electrons. The first-order chi connectivity index (χ1) is 7.15. The molecule has 82 valence electrons. The molecule has 0 atom stereocenters. The van der Waals surface area contributed by atoms with Crippen molar-refractivity contribution in [3.05, 3.63) is 11.1 Å². The van der Waals surface area contributed by atoms with Gasteiger partial charge in [0, 0.05) is 5.38 Å². The average molecular weight is 229 g/mol. The highest BCUT2D eigenvalue weighted by Crippen LogP contribution is 2.15. The fourth-order valence-electron chi connectivity index (χ4n) is 0.836. The summed E-state index contributed by atoms with van der Waals surface area (Å²) in [5, 5.41) is 4.61. The Kier molecular flexibility index (Phi) is 4.19. The van der Waals surface area contributed by atoms with Crippen LogP contribution in [0.1, 0.15) is 5.69 Å². The Labute approximate surface area is 90.4 Å². The van der Waals surface area contributed by atoms with Gasteiger partial charge in [-0.1, -0.05) is 0 Å². The fourth-order valence-corrected chi connectivity index (χ4v) is 1.56. The third-order valence-corrected chi connectivity index (χ3v) is 2.34. The van der Waals surface area contributed by atoms with Crippen LogP contribution in [-0.2, 0) is 20.7 Å². The van der Waals surface area contributed by atoms with E-state index in [1.807, 2.05) is 0 Å². The number of nitrogens with two attached hydrogens (primary N) is 1. The Morgan fingerprint density at radius 1 is 1.67 bits per heavy atom. The van der Waals surface area contributed by atoms with Gasteiger partial charge in [-0.3, -0.25) is 9.59 Å². The molecule has 1 aromatic heterocycles. The van der Waals surface area contributed by atoms with Crippen LogP contribution in [0.4, 0.5) is 5.13 Å². The molecule has 0 spiro atoms. The van der Waals surface area contributed by atoms with Crippen molar-refractivity contribution in [2.75, 3.05) is 19.0 Å². The molecule has 1 rings (SSSR count). The van der Waals surface area contributed by atoms with E-state index in [4.69, 9.17) is 5.73 Å². The van der Waals surface area contributed by atoms with E-state index in [2.05, 4.69) is 15.0 Å². The number of nitrogens with one attached hydrogen (secondary N) is 1. The largest absolute Gasteiger partial charge is 0.469 e. The second-order valence-corrected chi connectivity index (χ2v) is 3.51. The monoisotopic (exact) mass is 229 g/mol.